The van der Waals surface area contributed by atoms with Crippen molar-refractivity contribution in [3.63, 3.8) is 0 Å². The molecule has 0 aromatic rings. The Bertz CT molecular complexity index is 399. The first-order chi connectivity index (χ1) is 8.52. The van der Waals surface area contributed by atoms with Crippen LogP contribution in [0.25, 0.3) is 0 Å². The first kappa shape index (κ1) is 15.4. The van der Waals surface area contributed by atoms with E-state index in [2.05, 4.69) is 0 Å². The number of hydrogen-bond donors (Lipinski definition) is 0. The molecule has 0 aliphatic heterocycles. The van der Waals surface area contributed by atoms with Crippen LogP contribution < -0.4 is 0 Å². The van der Waals surface area contributed by atoms with E-state index >= 15 is 0 Å². The molecule has 5 heteroatoms. The van der Waals surface area contributed by atoms with Gasteiger partial charge in [-0.25, -0.2) is 0 Å². The zero-order chi connectivity index (χ0) is 13.6. The molecule has 0 spiro atoms. The summed E-state index contributed by atoms with van der Waals surface area (Å²) >= 11 is 0. The Labute approximate surface area is 109 Å². The number of hydrogen-bond acceptors (Lipinski definition) is 4. The maximum Gasteiger partial charge on any atom is 0.353 e. The molecule has 0 radical (unpaired) electrons. The van der Waals surface area contributed by atoms with Crippen molar-refractivity contribution in [1.82, 2.24) is 0 Å². The largest absolute Gasteiger partial charge is 0.353 e. The van der Waals surface area contributed by atoms with E-state index in [9.17, 15) is 9.36 Å². The highest BCUT2D eigenvalue weighted by Crippen LogP contribution is 2.49. The van der Waals surface area contributed by atoms with Gasteiger partial charge in [-0.2, -0.15) is 0 Å². The Kier molecular flexibility index (Phi) is 6.00. The SMILES string of the molecule is CCOP(=O)(/C=C/CC1=C(C)C(=O)CC1)OCC. The van der Waals surface area contributed by atoms with Crippen LogP contribution in [0.15, 0.2) is 23.0 Å². The van der Waals surface area contributed by atoms with Crippen molar-refractivity contribution in [1.29, 1.82) is 0 Å². The smallest absolute Gasteiger partial charge is 0.306 e. The van der Waals surface area contributed by atoms with Gasteiger partial charge in [-0.1, -0.05) is 11.6 Å². The van der Waals surface area contributed by atoms with Gasteiger partial charge < -0.3 is 9.05 Å². The standard InChI is InChI=1S/C13H21O4P/c1-4-16-18(15,17-5-2)10-6-7-12-8-9-13(14)11(12)3/h6,10H,4-5,7-9H2,1-3H3/b10-6+. The Morgan fingerprint density at radius 1 is 1.22 bits per heavy atom. The first-order valence-electron chi connectivity index (χ1n) is 6.30. The van der Waals surface area contributed by atoms with Crippen LogP contribution in [0.4, 0.5) is 0 Å². The third kappa shape index (κ3) is 4.20. The van der Waals surface area contributed by atoms with Crippen LogP contribution in [-0.4, -0.2) is 19.0 Å². The van der Waals surface area contributed by atoms with Gasteiger partial charge in [-0.05, 0) is 39.2 Å². The number of rotatable bonds is 7. The lowest BCUT2D eigenvalue weighted by Crippen LogP contribution is -1.93. The van der Waals surface area contributed by atoms with Crippen molar-refractivity contribution >= 4 is 13.4 Å². The van der Waals surface area contributed by atoms with Crippen LogP contribution in [0.5, 0.6) is 0 Å². The molecule has 0 fully saturated rings. The predicted molar refractivity (Wildman–Crippen MR) is 71.6 cm³/mol. The minimum atomic E-state index is -3.10. The van der Waals surface area contributed by atoms with Crippen molar-refractivity contribution in [3.8, 4) is 0 Å². The maximum absolute atomic E-state index is 12.1. The molecule has 0 aromatic heterocycles. The second-order valence-electron chi connectivity index (χ2n) is 4.12. The Morgan fingerprint density at radius 3 is 2.28 bits per heavy atom. The molecule has 18 heavy (non-hydrogen) atoms. The summed E-state index contributed by atoms with van der Waals surface area (Å²) in [5.41, 5.74) is 1.97. The van der Waals surface area contributed by atoms with Gasteiger partial charge in [-0.3, -0.25) is 9.36 Å². The van der Waals surface area contributed by atoms with E-state index in [4.69, 9.17) is 9.05 Å². The van der Waals surface area contributed by atoms with Crippen LogP contribution in [0, 0.1) is 0 Å². The molecule has 0 bridgehead atoms. The van der Waals surface area contributed by atoms with Crippen LogP contribution in [-0.2, 0) is 18.4 Å². The zero-order valence-corrected chi connectivity index (χ0v) is 12.2. The van der Waals surface area contributed by atoms with E-state index in [0.717, 1.165) is 17.6 Å². The lowest BCUT2D eigenvalue weighted by atomic mass is 10.1. The topological polar surface area (TPSA) is 52.6 Å². The Morgan fingerprint density at radius 2 is 1.83 bits per heavy atom. The van der Waals surface area contributed by atoms with Crippen LogP contribution in [0.3, 0.4) is 0 Å². The summed E-state index contributed by atoms with van der Waals surface area (Å²) in [7, 11) is -3.10. The molecule has 1 aliphatic rings. The number of carbonyl (C=O) groups excluding carboxylic acids is 1. The molecule has 0 saturated heterocycles. The van der Waals surface area contributed by atoms with Gasteiger partial charge in [0.2, 0.25) is 0 Å². The fourth-order valence-corrected chi connectivity index (χ4v) is 3.23. The van der Waals surface area contributed by atoms with E-state index in [1.165, 1.54) is 5.82 Å². The van der Waals surface area contributed by atoms with Gasteiger partial charge in [0.25, 0.3) is 0 Å². The fraction of sp³-hybridized carbons (Fsp3) is 0.615. The average molecular weight is 272 g/mol. The normalized spacial score (nSPS) is 17.2. The summed E-state index contributed by atoms with van der Waals surface area (Å²) in [5, 5.41) is 0. The lowest BCUT2D eigenvalue weighted by Gasteiger charge is -2.12. The summed E-state index contributed by atoms with van der Waals surface area (Å²) < 4.78 is 22.4. The van der Waals surface area contributed by atoms with Crippen molar-refractivity contribution in [2.45, 2.75) is 40.0 Å². The number of Topliss-reactive ketones (excluding diaryl/α,β-unsaturated/α-hetero) is 1. The second kappa shape index (κ2) is 7.03. The van der Waals surface area contributed by atoms with E-state index in [1.54, 1.807) is 19.9 Å². The van der Waals surface area contributed by atoms with E-state index in [1.807, 2.05) is 6.92 Å². The minimum Gasteiger partial charge on any atom is -0.306 e. The van der Waals surface area contributed by atoms with Gasteiger partial charge in [0.05, 0.1) is 13.2 Å². The Hall–Kier alpha value is -0.700. The fourth-order valence-electron chi connectivity index (χ4n) is 1.90. The lowest BCUT2D eigenvalue weighted by molar-refractivity contribution is -0.114. The molecule has 0 amide bonds. The maximum atomic E-state index is 12.1. The van der Waals surface area contributed by atoms with Crippen molar-refractivity contribution < 1.29 is 18.4 Å². The first-order valence-corrected chi connectivity index (χ1v) is 7.92. The third-order valence-electron chi connectivity index (χ3n) is 2.87. The highest BCUT2D eigenvalue weighted by molar-refractivity contribution is 7.57. The van der Waals surface area contributed by atoms with Crippen molar-refractivity contribution in [2.24, 2.45) is 0 Å². The quantitative estimate of drug-likeness (QED) is 0.661. The number of allylic oxidation sites excluding steroid dienone is 3. The molecule has 0 N–H and O–H groups in total. The van der Waals surface area contributed by atoms with Gasteiger partial charge in [0, 0.05) is 12.2 Å². The summed E-state index contributed by atoms with van der Waals surface area (Å²) in [4.78, 5) is 11.4. The van der Waals surface area contributed by atoms with Crippen LogP contribution in [0.1, 0.15) is 40.0 Å². The molecule has 0 unspecified atom stereocenters. The van der Waals surface area contributed by atoms with E-state index in [-0.39, 0.29) is 5.78 Å². The number of ketones is 1. The average Bonchev–Trinajstić information content (AvgIpc) is 2.61. The predicted octanol–water partition coefficient (Wildman–Crippen LogP) is 3.84. The molecule has 102 valence electrons. The van der Waals surface area contributed by atoms with Gasteiger partial charge >= 0.3 is 7.60 Å². The summed E-state index contributed by atoms with van der Waals surface area (Å²) in [6.07, 6.45) is 3.83. The summed E-state index contributed by atoms with van der Waals surface area (Å²) in [6, 6.07) is 0. The highest BCUT2D eigenvalue weighted by Gasteiger charge is 2.20. The molecule has 4 nitrogen and oxygen atoms in total. The monoisotopic (exact) mass is 272 g/mol. The molecular formula is C13H21O4P. The molecule has 0 saturated carbocycles. The van der Waals surface area contributed by atoms with Gasteiger partial charge in [0.15, 0.2) is 5.78 Å². The van der Waals surface area contributed by atoms with Gasteiger partial charge in [-0.15, -0.1) is 0 Å². The van der Waals surface area contributed by atoms with E-state index in [0.29, 0.717) is 26.1 Å². The molecule has 0 atom stereocenters. The molecule has 1 aliphatic carbocycles. The zero-order valence-electron chi connectivity index (χ0n) is 11.3. The van der Waals surface area contributed by atoms with Crippen LogP contribution in [0.2, 0.25) is 0 Å². The molecule has 1 rings (SSSR count). The summed E-state index contributed by atoms with van der Waals surface area (Å²) in [5.74, 6) is 1.72. The second-order valence-corrected chi connectivity index (χ2v) is 6.01. The van der Waals surface area contributed by atoms with Crippen LogP contribution >= 0.6 is 7.60 Å². The van der Waals surface area contributed by atoms with Crippen molar-refractivity contribution in [3.05, 3.63) is 23.0 Å². The van der Waals surface area contributed by atoms with Gasteiger partial charge in [0.1, 0.15) is 0 Å². The Balaban J connectivity index is 2.63. The van der Waals surface area contributed by atoms with E-state index < -0.39 is 7.60 Å². The molecule has 0 heterocycles. The number of carbonyl (C=O) groups is 1. The minimum absolute atomic E-state index is 0.219. The molecular weight excluding hydrogens is 251 g/mol. The van der Waals surface area contributed by atoms with Crippen molar-refractivity contribution in [2.75, 3.05) is 13.2 Å². The third-order valence-corrected chi connectivity index (χ3v) is 4.68. The molecule has 0 aromatic carbocycles. The highest BCUT2D eigenvalue weighted by atomic mass is 31.2. The summed E-state index contributed by atoms with van der Waals surface area (Å²) in [6.45, 7) is 6.11.